The van der Waals surface area contributed by atoms with Crippen molar-refractivity contribution in [2.24, 2.45) is 5.10 Å². The van der Waals surface area contributed by atoms with Crippen LogP contribution in [0.1, 0.15) is 35.0 Å². The topological polar surface area (TPSA) is 76.3 Å². The van der Waals surface area contributed by atoms with Gasteiger partial charge in [-0.25, -0.2) is 10.1 Å². The number of alkyl halides is 3. The molecule has 0 fully saturated rings. The standard InChI is InChI=1S/C20H17F3N4O2/c1-2-11-27-19(29)15-9-5-4-8-14(15)17(26-27)18(28)25-24-12-13-7-3-6-10-16(13)20(21,22)23/h3-10,12H,2,11H2,1H3,(H,25,28)/b24-12+. The van der Waals surface area contributed by atoms with Gasteiger partial charge in [-0.3, -0.25) is 9.59 Å². The second-order valence-electron chi connectivity index (χ2n) is 6.21. The molecule has 0 unspecified atom stereocenters. The Bertz CT molecular complexity index is 1140. The molecule has 1 aromatic heterocycles. The van der Waals surface area contributed by atoms with Crippen LogP contribution >= 0.6 is 0 Å². The van der Waals surface area contributed by atoms with Crippen LogP contribution in [0.2, 0.25) is 0 Å². The van der Waals surface area contributed by atoms with Gasteiger partial charge < -0.3 is 0 Å². The van der Waals surface area contributed by atoms with E-state index < -0.39 is 17.6 Å². The molecule has 3 rings (SSSR count). The summed E-state index contributed by atoms with van der Waals surface area (Å²) in [5, 5.41) is 8.42. The van der Waals surface area contributed by atoms with Crippen LogP contribution in [0.3, 0.4) is 0 Å². The zero-order valence-electron chi connectivity index (χ0n) is 15.4. The number of hydrazone groups is 1. The number of benzene rings is 2. The number of amides is 1. The van der Waals surface area contributed by atoms with Crippen molar-refractivity contribution < 1.29 is 18.0 Å². The van der Waals surface area contributed by atoms with E-state index in [-0.39, 0.29) is 16.8 Å². The maximum Gasteiger partial charge on any atom is 0.417 e. The molecular weight excluding hydrogens is 385 g/mol. The number of carbonyl (C=O) groups excluding carboxylic acids is 1. The van der Waals surface area contributed by atoms with E-state index in [1.807, 2.05) is 6.92 Å². The Labute approximate surface area is 163 Å². The number of hydrogen-bond donors (Lipinski definition) is 1. The van der Waals surface area contributed by atoms with Gasteiger partial charge in [-0.15, -0.1) is 0 Å². The quantitative estimate of drug-likeness (QED) is 0.523. The summed E-state index contributed by atoms with van der Waals surface area (Å²) in [6.45, 7) is 2.19. The van der Waals surface area contributed by atoms with E-state index in [0.717, 1.165) is 12.3 Å². The third kappa shape index (κ3) is 4.34. The molecule has 6 nitrogen and oxygen atoms in total. The number of rotatable bonds is 5. The first-order valence-corrected chi connectivity index (χ1v) is 8.82. The monoisotopic (exact) mass is 402 g/mol. The SMILES string of the molecule is CCCn1nc(C(=O)N/N=C/c2ccccc2C(F)(F)F)c2ccccc2c1=O. The molecular formula is C20H17F3N4O2. The van der Waals surface area contributed by atoms with Gasteiger partial charge in [0, 0.05) is 17.5 Å². The minimum atomic E-state index is -4.54. The van der Waals surface area contributed by atoms with E-state index in [1.54, 1.807) is 24.3 Å². The van der Waals surface area contributed by atoms with Gasteiger partial charge in [0.25, 0.3) is 11.5 Å². The van der Waals surface area contributed by atoms with Gasteiger partial charge in [0.2, 0.25) is 0 Å². The molecule has 0 aliphatic heterocycles. The minimum Gasteiger partial charge on any atom is -0.267 e. The smallest absolute Gasteiger partial charge is 0.267 e. The Morgan fingerprint density at radius 2 is 1.79 bits per heavy atom. The van der Waals surface area contributed by atoms with Crippen molar-refractivity contribution in [3.8, 4) is 0 Å². The van der Waals surface area contributed by atoms with Gasteiger partial charge in [0.15, 0.2) is 5.69 Å². The maximum absolute atomic E-state index is 13.0. The Balaban J connectivity index is 1.93. The lowest BCUT2D eigenvalue weighted by Crippen LogP contribution is -2.29. The molecule has 1 N–H and O–H groups in total. The molecule has 0 aliphatic carbocycles. The zero-order chi connectivity index (χ0) is 21.0. The van der Waals surface area contributed by atoms with E-state index in [9.17, 15) is 22.8 Å². The number of aryl methyl sites for hydroxylation is 1. The summed E-state index contributed by atoms with van der Waals surface area (Å²) >= 11 is 0. The molecule has 0 bridgehead atoms. The first-order valence-electron chi connectivity index (χ1n) is 8.82. The fourth-order valence-corrected chi connectivity index (χ4v) is 2.85. The molecule has 0 spiro atoms. The number of nitrogens with one attached hydrogen (secondary N) is 1. The van der Waals surface area contributed by atoms with Crippen molar-refractivity contribution in [3.63, 3.8) is 0 Å². The highest BCUT2D eigenvalue weighted by atomic mass is 19.4. The first kappa shape index (κ1) is 20.2. The Kier molecular flexibility index (Phi) is 5.76. The molecule has 0 saturated heterocycles. The molecule has 0 radical (unpaired) electrons. The van der Waals surface area contributed by atoms with E-state index in [1.165, 1.54) is 22.9 Å². The second kappa shape index (κ2) is 8.26. The lowest BCUT2D eigenvalue weighted by atomic mass is 10.1. The lowest BCUT2D eigenvalue weighted by molar-refractivity contribution is -0.137. The Morgan fingerprint density at radius 3 is 2.48 bits per heavy atom. The van der Waals surface area contributed by atoms with Crippen LogP contribution in [0, 0.1) is 0 Å². The van der Waals surface area contributed by atoms with E-state index in [4.69, 9.17) is 0 Å². The van der Waals surface area contributed by atoms with Crippen LogP contribution in [0.4, 0.5) is 13.2 Å². The molecule has 0 atom stereocenters. The molecule has 2 aromatic carbocycles. The van der Waals surface area contributed by atoms with Crippen LogP contribution in [-0.2, 0) is 12.7 Å². The highest BCUT2D eigenvalue weighted by Crippen LogP contribution is 2.31. The first-order chi connectivity index (χ1) is 13.8. The number of carbonyl (C=O) groups is 1. The molecule has 0 saturated carbocycles. The Morgan fingerprint density at radius 1 is 1.14 bits per heavy atom. The lowest BCUT2D eigenvalue weighted by Gasteiger charge is -2.10. The summed E-state index contributed by atoms with van der Waals surface area (Å²) < 4.78 is 40.3. The van der Waals surface area contributed by atoms with Gasteiger partial charge in [0.05, 0.1) is 17.2 Å². The van der Waals surface area contributed by atoms with Crippen molar-refractivity contribution in [3.05, 3.63) is 75.7 Å². The highest BCUT2D eigenvalue weighted by molar-refractivity contribution is 6.05. The summed E-state index contributed by atoms with van der Waals surface area (Å²) in [4.78, 5) is 25.0. The largest absolute Gasteiger partial charge is 0.417 e. The number of nitrogens with zero attached hydrogens (tertiary/aromatic N) is 3. The molecule has 3 aromatic rings. The van der Waals surface area contributed by atoms with Crippen molar-refractivity contribution in [2.45, 2.75) is 26.1 Å². The summed E-state index contributed by atoms with van der Waals surface area (Å²) in [6.07, 6.45) is -2.98. The van der Waals surface area contributed by atoms with Crippen molar-refractivity contribution in [1.82, 2.24) is 15.2 Å². The zero-order valence-corrected chi connectivity index (χ0v) is 15.4. The predicted octanol–water partition coefficient (Wildman–Crippen LogP) is 3.59. The van der Waals surface area contributed by atoms with Gasteiger partial charge in [0.1, 0.15) is 0 Å². The summed E-state index contributed by atoms with van der Waals surface area (Å²) in [7, 11) is 0. The summed E-state index contributed by atoms with van der Waals surface area (Å²) in [6, 6.07) is 11.4. The summed E-state index contributed by atoms with van der Waals surface area (Å²) in [5.74, 6) is -0.730. The number of hydrogen-bond acceptors (Lipinski definition) is 4. The third-order valence-electron chi connectivity index (χ3n) is 4.15. The number of aromatic nitrogens is 2. The predicted molar refractivity (Wildman–Crippen MR) is 103 cm³/mol. The third-order valence-corrected chi connectivity index (χ3v) is 4.15. The fraction of sp³-hybridized carbons (Fsp3) is 0.200. The maximum atomic E-state index is 13.0. The normalized spacial score (nSPS) is 11.9. The number of fused-ring (bicyclic) bond motifs is 1. The van der Waals surface area contributed by atoms with Crippen molar-refractivity contribution in [2.75, 3.05) is 0 Å². The van der Waals surface area contributed by atoms with Gasteiger partial charge >= 0.3 is 6.18 Å². The highest BCUT2D eigenvalue weighted by Gasteiger charge is 2.32. The number of halogens is 3. The second-order valence-corrected chi connectivity index (χ2v) is 6.21. The van der Waals surface area contributed by atoms with E-state index in [2.05, 4.69) is 15.6 Å². The van der Waals surface area contributed by atoms with Crippen LogP contribution in [-0.4, -0.2) is 21.9 Å². The molecule has 29 heavy (non-hydrogen) atoms. The van der Waals surface area contributed by atoms with Crippen LogP contribution in [0.25, 0.3) is 10.8 Å². The van der Waals surface area contributed by atoms with Crippen LogP contribution in [0.15, 0.2) is 58.4 Å². The van der Waals surface area contributed by atoms with E-state index in [0.29, 0.717) is 23.7 Å². The molecule has 1 heterocycles. The van der Waals surface area contributed by atoms with Gasteiger partial charge in [-0.1, -0.05) is 43.3 Å². The average Bonchev–Trinajstić information content (AvgIpc) is 2.70. The van der Waals surface area contributed by atoms with Gasteiger partial charge in [-0.05, 0) is 18.6 Å². The molecule has 150 valence electrons. The summed E-state index contributed by atoms with van der Waals surface area (Å²) in [5.41, 5.74) is 0.793. The van der Waals surface area contributed by atoms with Crippen LogP contribution in [0.5, 0.6) is 0 Å². The Hall–Kier alpha value is -3.49. The van der Waals surface area contributed by atoms with Crippen molar-refractivity contribution in [1.29, 1.82) is 0 Å². The molecule has 0 aliphatic rings. The average molecular weight is 402 g/mol. The molecule has 9 heteroatoms. The fourth-order valence-electron chi connectivity index (χ4n) is 2.85. The minimum absolute atomic E-state index is 0.0325. The molecule has 1 amide bonds. The van der Waals surface area contributed by atoms with Gasteiger partial charge in [-0.2, -0.15) is 23.4 Å². The van der Waals surface area contributed by atoms with E-state index >= 15 is 0 Å². The van der Waals surface area contributed by atoms with Crippen molar-refractivity contribution >= 4 is 22.9 Å². The van der Waals surface area contributed by atoms with Crippen LogP contribution < -0.4 is 11.0 Å².